The van der Waals surface area contributed by atoms with Crippen molar-refractivity contribution < 1.29 is 52.1 Å². The van der Waals surface area contributed by atoms with Crippen LogP contribution in [0.5, 0.6) is 0 Å². The maximum absolute atomic E-state index is 13.4. The van der Waals surface area contributed by atoms with Crippen molar-refractivity contribution >= 4 is 74.1 Å². The molecule has 0 saturated carbocycles. The molecule has 19 heteroatoms. The van der Waals surface area contributed by atoms with Gasteiger partial charge >= 0.3 is 0 Å². The summed E-state index contributed by atoms with van der Waals surface area (Å²) >= 11 is 0. The minimum Gasteiger partial charge on any atom is -0.399 e. The maximum Gasteiger partial charge on any atom is 0.295 e. The molecule has 0 aliphatic heterocycles. The van der Waals surface area contributed by atoms with E-state index in [0.717, 1.165) is 18.2 Å². The molecule has 43 heavy (non-hydrogen) atoms. The fraction of sp³-hybridized carbons (Fsp3) is 0.0417. The highest BCUT2D eigenvalue weighted by Crippen LogP contribution is 2.38. The molecule has 0 aliphatic rings. The van der Waals surface area contributed by atoms with Crippen molar-refractivity contribution in [1.82, 2.24) is 0 Å². The minimum atomic E-state index is -5.42. The summed E-state index contributed by atoms with van der Waals surface area (Å²) in [6.07, 6.45) is 0. The number of rotatable bonds is 8. The van der Waals surface area contributed by atoms with Gasteiger partial charge in [-0.15, -0.1) is 0 Å². The van der Waals surface area contributed by atoms with Crippen LogP contribution in [0.15, 0.2) is 86.3 Å². The lowest BCUT2D eigenvalue weighted by atomic mass is 10.1. The van der Waals surface area contributed by atoms with E-state index in [1.165, 1.54) is 18.2 Å². The third kappa shape index (κ3) is 6.77. The van der Waals surface area contributed by atoms with E-state index in [1.807, 2.05) is 4.72 Å². The number of fused-ring (bicyclic) bond motifs is 1. The number of benzene rings is 4. The van der Waals surface area contributed by atoms with Gasteiger partial charge in [-0.3, -0.25) is 23.2 Å². The quantitative estimate of drug-likeness (QED) is 0.116. The van der Waals surface area contributed by atoms with Crippen LogP contribution in [-0.2, 0) is 40.4 Å². The molecule has 4 aromatic carbocycles. The van der Waals surface area contributed by atoms with E-state index in [2.05, 4.69) is 5.32 Å². The Kier molecular flexibility index (Phi) is 8.04. The molecular weight excluding hydrogens is 651 g/mol. The van der Waals surface area contributed by atoms with Gasteiger partial charge in [-0.2, -0.15) is 25.3 Å². The number of nitrogens with two attached hydrogens (primary N) is 1. The summed E-state index contributed by atoms with van der Waals surface area (Å²) < 4.78 is 130. The van der Waals surface area contributed by atoms with E-state index in [1.54, 1.807) is 19.1 Å². The molecule has 1 amide bonds. The van der Waals surface area contributed by atoms with Gasteiger partial charge in [0.05, 0.1) is 15.5 Å². The van der Waals surface area contributed by atoms with Crippen LogP contribution in [0.4, 0.5) is 17.1 Å². The van der Waals surface area contributed by atoms with Crippen molar-refractivity contribution in [2.24, 2.45) is 0 Å². The van der Waals surface area contributed by atoms with Gasteiger partial charge in [-0.1, -0.05) is 12.1 Å². The summed E-state index contributed by atoms with van der Waals surface area (Å²) in [4.78, 5) is 8.70. The molecule has 4 aromatic rings. The monoisotopic (exact) mass is 671 g/mol. The van der Waals surface area contributed by atoms with Crippen LogP contribution in [0.2, 0.25) is 0 Å². The van der Waals surface area contributed by atoms with Crippen LogP contribution in [0.25, 0.3) is 10.8 Å². The molecule has 228 valence electrons. The Bertz CT molecular complexity index is 2270. The van der Waals surface area contributed by atoms with Crippen LogP contribution in [0, 0.1) is 6.92 Å². The molecule has 0 atom stereocenters. The lowest BCUT2D eigenvalue weighted by molar-refractivity contribution is 0.102. The fourth-order valence-electron chi connectivity index (χ4n) is 4.04. The number of hydrogen-bond acceptors (Lipinski definition) is 10. The van der Waals surface area contributed by atoms with Gasteiger partial charge in [-0.05, 0) is 67.1 Å². The molecule has 0 saturated heterocycles. The van der Waals surface area contributed by atoms with E-state index < -0.39 is 82.3 Å². The van der Waals surface area contributed by atoms with Gasteiger partial charge in [0.15, 0.2) is 0 Å². The zero-order valence-electron chi connectivity index (χ0n) is 21.6. The average Bonchev–Trinajstić information content (AvgIpc) is 2.87. The van der Waals surface area contributed by atoms with Gasteiger partial charge in [0.1, 0.15) is 9.79 Å². The van der Waals surface area contributed by atoms with Crippen molar-refractivity contribution in [2.75, 3.05) is 15.8 Å². The first-order valence-electron chi connectivity index (χ1n) is 11.5. The van der Waals surface area contributed by atoms with E-state index in [4.69, 9.17) is 5.73 Å². The van der Waals surface area contributed by atoms with E-state index >= 15 is 0 Å². The summed E-state index contributed by atoms with van der Waals surface area (Å²) in [7, 11) is -20.5. The van der Waals surface area contributed by atoms with Gasteiger partial charge in [0.2, 0.25) is 0 Å². The lowest BCUT2D eigenvalue weighted by Crippen LogP contribution is -2.17. The Morgan fingerprint density at radius 3 is 1.93 bits per heavy atom. The van der Waals surface area contributed by atoms with Crippen molar-refractivity contribution in [3.63, 3.8) is 0 Å². The Balaban J connectivity index is 1.89. The SMILES string of the molecule is Cc1ccc(S(=O)(=O)Nc2ccc(S(=O)(=O)O)c3cc(S(=O)(=O)O)cc(S(=O)(=O)O)c23)cc1NC(=O)c1cccc(N)c1. The largest absolute Gasteiger partial charge is 0.399 e. The summed E-state index contributed by atoms with van der Waals surface area (Å²) in [6, 6.07) is 11.7. The molecule has 15 nitrogen and oxygen atoms in total. The van der Waals surface area contributed by atoms with E-state index in [-0.39, 0.29) is 17.3 Å². The molecule has 7 N–H and O–H groups in total. The number of carbonyl (C=O) groups is 1. The van der Waals surface area contributed by atoms with E-state index in [0.29, 0.717) is 23.4 Å². The standard InChI is InChI=1S/C24H21N3O12S4/c1-13-5-6-16(11-20(13)26-24(28)14-3-2-4-15(25)9-14)40(29,30)27-19-7-8-21(42(34,35)36)18-10-17(41(31,32)33)12-22(23(18)19)43(37,38)39/h2-12,27H,25H2,1H3,(H,26,28)(H,31,32,33)(H,34,35,36)(H,37,38,39). The van der Waals surface area contributed by atoms with Crippen LogP contribution >= 0.6 is 0 Å². The van der Waals surface area contributed by atoms with Gasteiger partial charge in [-0.25, -0.2) is 8.42 Å². The third-order valence-electron chi connectivity index (χ3n) is 6.03. The first-order valence-corrected chi connectivity index (χ1v) is 17.3. The average molecular weight is 672 g/mol. The first kappa shape index (κ1) is 31.8. The number of aryl methyl sites for hydroxylation is 1. The van der Waals surface area contributed by atoms with Crippen molar-refractivity contribution in [3.8, 4) is 0 Å². The molecule has 0 heterocycles. The number of anilines is 3. The first-order chi connectivity index (χ1) is 19.7. The number of nitrogen functional groups attached to an aromatic ring is 1. The zero-order valence-corrected chi connectivity index (χ0v) is 24.8. The molecule has 0 aromatic heterocycles. The van der Waals surface area contributed by atoms with Crippen molar-refractivity contribution in [2.45, 2.75) is 26.5 Å². The molecule has 4 rings (SSSR count). The Hall–Kier alpha value is -4.11. The predicted octanol–water partition coefficient (Wildman–Crippen LogP) is 2.52. The van der Waals surface area contributed by atoms with Crippen LogP contribution in [0.3, 0.4) is 0 Å². The van der Waals surface area contributed by atoms with Gasteiger partial charge in [0.25, 0.3) is 46.3 Å². The highest BCUT2D eigenvalue weighted by atomic mass is 32.2. The summed E-state index contributed by atoms with van der Waals surface area (Å²) in [5.74, 6) is -0.614. The molecule has 0 spiro atoms. The van der Waals surface area contributed by atoms with Crippen LogP contribution < -0.4 is 15.8 Å². The topological polar surface area (TPSA) is 264 Å². The molecule has 0 bridgehead atoms. The maximum atomic E-state index is 13.4. The summed E-state index contributed by atoms with van der Waals surface area (Å²) in [6.45, 7) is 1.57. The van der Waals surface area contributed by atoms with Crippen molar-refractivity contribution in [1.29, 1.82) is 0 Å². The second-order valence-corrected chi connectivity index (χ2v) is 14.9. The predicted molar refractivity (Wildman–Crippen MR) is 154 cm³/mol. The fourth-order valence-corrected chi connectivity index (χ4v) is 7.18. The molecule has 0 fully saturated rings. The number of hydrogen-bond donors (Lipinski definition) is 6. The number of nitrogens with one attached hydrogen (secondary N) is 2. The molecule has 0 radical (unpaired) electrons. The second-order valence-electron chi connectivity index (χ2n) is 9.04. The smallest absolute Gasteiger partial charge is 0.295 e. The van der Waals surface area contributed by atoms with E-state index in [9.17, 15) is 52.1 Å². The number of amides is 1. The normalized spacial score (nSPS) is 12.7. The highest BCUT2D eigenvalue weighted by molar-refractivity contribution is 7.92. The zero-order chi connectivity index (χ0) is 32.1. The number of sulfonamides is 1. The highest BCUT2D eigenvalue weighted by Gasteiger charge is 2.28. The Morgan fingerprint density at radius 1 is 0.698 bits per heavy atom. The van der Waals surface area contributed by atoms with Gasteiger partial charge < -0.3 is 11.1 Å². The third-order valence-corrected chi connectivity index (χ3v) is 10.0. The lowest BCUT2D eigenvalue weighted by Gasteiger charge is -2.16. The molecule has 0 unspecified atom stereocenters. The van der Waals surface area contributed by atoms with Crippen molar-refractivity contribution in [3.05, 3.63) is 77.9 Å². The van der Waals surface area contributed by atoms with Crippen LogP contribution in [-0.4, -0.2) is 53.2 Å². The summed E-state index contributed by atoms with van der Waals surface area (Å²) in [5.41, 5.74) is 6.05. The Labute approximate surface area is 245 Å². The molecular formula is C24H21N3O12S4. The second kappa shape index (κ2) is 10.9. The molecule has 0 aliphatic carbocycles. The van der Waals surface area contributed by atoms with Crippen LogP contribution in [0.1, 0.15) is 15.9 Å². The van der Waals surface area contributed by atoms with Gasteiger partial charge in [0, 0.05) is 27.7 Å². The summed E-state index contributed by atoms with van der Waals surface area (Å²) in [5, 5.41) is 0.837. The number of carbonyl (C=O) groups excluding carboxylic acids is 1. The minimum absolute atomic E-state index is 0.0679. The Morgan fingerprint density at radius 2 is 1.35 bits per heavy atom.